The predicted molar refractivity (Wildman–Crippen MR) is 82.8 cm³/mol. The maximum atomic E-state index is 9.09. The van der Waals surface area contributed by atoms with Crippen LogP contribution in [-0.2, 0) is 5.54 Å². The Morgan fingerprint density at radius 1 is 1.40 bits per heavy atom. The molecule has 0 aliphatic rings. The summed E-state index contributed by atoms with van der Waals surface area (Å²) >= 11 is 3.48. The van der Waals surface area contributed by atoms with Crippen molar-refractivity contribution >= 4 is 32.8 Å². The summed E-state index contributed by atoms with van der Waals surface area (Å²) in [6.45, 7) is 9.00. The van der Waals surface area contributed by atoms with Gasteiger partial charge < -0.3 is 10.4 Å². The van der Waals surface area contributed by atoms with Crippen molar-refractivity contribution in [2.24, 2.45) is 5.92 Å². The molecule has 0 fully saturated rings. The number of anilines is 1. The van der Waals surface area contributed by atoms with E-state index < -0.39 is 0 Å². The maximum Gasteiger partial charge on any atom is 0.165 e. The summed E-state index contributed by atoms with van der Waals surface area (Å²) in [7, 11) is 0. The fourth-order valence-corrected chi connectivity index (χ4v) is 2.37. The van der Waals surface area contributed by atoms with Crippen LogP contribution in [0.1, 0.15) is 27.7 Å². The van der Waals surface area contributed by atoms with E-state index in [1.54, 1.807) is 0 Å². The standard InChI is InChI=1S/C13H20BrN5O/c1-8(6-20)5-15-11-9-10(14)18-19(13(2,3)4)12(9)17-7-16-11/h7-8,20H,5-6H2,1-4H3,(H,15,16,17)/t8-/m0/s1. The van der Waals surface area contributed by atoms with E-state index in [1.165, 1.54) is 6.33 Å². The molecule has 0 aliphatic heterocycles. The number of nitrogens with zero attached hydrogens (tertiary/aromatic N) is 4. The number of nitrogens with one attached hydrogen (secondary N) is 1. The van der Waals surface area contributed by atoms with Gasteiger partial charge in [0.2, 0.25) is 0 Å². The molecule has 0 aliphatic carbocycles. The van der Waals surface area contributed by atoms with Crippen LogP contribution < -0.4 is 5.32 Å². The highest BCUT2D eigenvalue weighted by atomic mass is 79.9. The van der Waals surface area contributed by atoms with Gasteiger partial charge in [-0.05, 0) is 42.6 Å². The highest BCUT2D eigenvalue weighted by Crippen LogP contribution is 2.30. The number of halogens is 1. The second kappa shape index (κ2) is 5.65. The molecular formula is C13H20BrN5O. The van der Waals surface area contributed by atoms with E-state index in [1.807, 2.05) is 11.6 Å². The second-order valence-electron chi connectivity index (χ2n) is 5.96. The average Bonchev–Trinajstić information content (AvgIpc) is 2.74. The first-order valence-corrected chi connectivity index (χ1v) is 7.38. The fourth-order valence-electron chi connectivity index (χ4n) is 1.85. The lowest BCUT2D eigenvalue weighted by molar-refractivity contribution is 0.244. The Bertz CT molecular complexity index is 605. The number of hydrogen-bond donors (Lipinski definition) is 2. The quantitative estimate of drug-likeness (QED) is 0.892. The summed E-state index contributed by atoms with van der Waals surface area (Å²) in [4.78, 5) is 8.63. The molecule has 0 spiro atoms. The van der Waals surface area contributed by atoms with Gasteiger partial charge in [0.15, 0.2) is 5.65 Å². The first kappa shape index (κ1) is 15.2. The monoisotopic (exact) mass is 341 g/mol. The summed E-state index contributed by atoms with van der Waals surface area (Å²) in [5.41, 5.74) is 0.632. The molecule has 2 heterocycles. The largest absolute Gasteiger partial charge is 0.396 e. The lowest BCUT2D eigenvalue weighted by Gasteiger charge is -2.19. The van der Waals surface area contributed by atoms with Gasteiger partial charge >= 0.3 is 0 Å². The van der Waals surface area contributed by atoms with Crippen LogP contribution in [0.25, 0.3) is 11.0 Å². The SMILES string of the molecule is C[C@H](CO)CNc1ncnc2c1c(Br)nn2C(C)(C)C. The maximum absolute atomic E-state index is 9.09. The number of aliphatic hydroxyl groups excluding tert-OH is 1. The molecule has 2 aromatic heterocycles. The summed E-state index contributed by atoms with van der Waals surface area (Å²) in [5, 5.41) is 17.7. The van der Waals surface area contributed by atoms with Crippen LogP contribution in [0, 0.1) is 5.92 Å². The third kappa shape index (κ3) is 2.93. The first-order chi connectivity index (χ1) is 9.34. The average molecular weight is 342 g/mol. The van der Waals surface area contributed by atoms with Crippen molar-refractivity contribution < 1.29 is 5.11 Å². The first-order valence-electron chi connectivity index (χ1n) is 6.59. The molecule has 7 heteroatoms. The van der Waals surface area contributed by atoms with Crippen LogP contribution in [0.15, 0.2) is 10.9 Å². The molecule has 1 atom stereocenters. The predicted octanol–water partition coefficient (Wildman–Crippen LogP) is 2.38. The van der Waals surface area contributed by atoms with Crippen molar-refractivity contribution in [3.05, 3.63) is 10.9 Å². The summed E-state index contributed by atoms with van der Waals surface area (Å²) < 4.78 is 2.61. The molecule has 0 amide bonds. The van der Waals surface area contributed by atoms with Gasteiger partial charge in [-0.2, -0.15) is 5.10 Å². The summed E-state index contributed by atoms with van der Waals surface area (Å²) in [6, 6.07) is 0. The lowest BCUT2D eigenvalue weighted by atomic mass is 10.1. The van der Waals surface area contributed by atoms with Crippen LogP contribution in [0.3, 0.4) is 0 Å². The molecular weight excluding hydrogens is 322 g/mol. The molecule has 0 aromatic carbocycles. The number of hydrogen-bond acceptors (Lipinski definition) is 5. The lowest BCUT2D eigenvalue weighted by Crippen LogP contribution is -2.23. The van der Waals surface area contributed by atoms with Crippen LogP contribution in [0.4, 0.5) is 5.82 Å². The minimum atomic E-state index is -0.158. The smallest absolute Gasteiger partial charge is 0.165 e. The molecule has 6 nitrogen and oxygen atoms in total. The molecule has 2 rings (SSSR count). The van der Waals surface area contributed by atoms with Gasteiger partial charge in [-0.15, -0.1) is 0 Å². The van der Waals surface area contributed by atoms with E-state index in [9.17, 15) is 0 Å². The van der Waals surface area contributed by atoms with Gasteiger partial charge in [-0.25, -0.2) is 14.6 Å². The normalized spacial score (nSPS) is 13.7. The Morgan fingerprint density at radius 3 is 2.70 bits per heavy atom. The van der Waals surface area contributed by atoms with E-state index in [0.29, 0.717) is 6.54 Å². The van der Waals surface area contributed by atoms with Crippen LogP contribution in [0.5, 0.6) is 0 Å². The zero-order valence-corrected chi connectivity index (χ0v) is 13.8. The number of aliphatic hydroxyl groups is 1. The zero-order chi connectivity index (χ0) is 14.9. The van der Waals surface area contributed by atoms with Gasteiger partial charge in [0.05, 0.1) is 10.9 Å². The Balaban J connectivity index is 2.45. The minimum Gasteiger partial charge on any atom is -0.396 e. The van der Waals surface area contributed by atoms with Crippen molar-refractivity contribution in [3.8, 4) is 0 Å². The minimum absolute atomic E-state index is 0.143. The van der Waals surface area contributed by atoms with E-state index in [2.05, 4.69) is 57.1 Å². The van der Waals surface area contributed by atoms with Crippen LogP contribution >= 0.6 is 15.9 Å². The molecule has 0 radical (unpaired) electrons. The molecule has 110 valence electrons. The topological polar surface area (TPSA) is 75.9 Å². The van der Waals surface area contributed by atoms with E-state index in [4.69, 9.17) is 5.11 Å². The van der Waals surface area contributed by atoms with E-state index in [-0.39, 0.29) is 18.1 Å². The van der Waals surface area contributed by atoms with E-state index in [0.717, 1.165) is 21.5 Å². The third-order valence-corrected chi connectivity index (χ3v) is 3.54. The summed E-state index contributed by atoms with van der Waals surface area (Å²) in [5.74, 6) is 0.897. The number of aromatic nitrogens is 4. The molecule has 0 saturated heterocycles. The van der Waals surface area contributed by atoms with Crippen molar-refractivity contribution in [2.75, 3.05) is 18.5 Å². The second-order valence-corrected chi connectivity index (χ2v) is 6.71. The molecule has 20 heavy (non-hydrogen) atoms. The summed E-state index contributed by atoms with van der Waals surface area (Å²) in [6.07, 6.45) is 1.53. The highest BCUT2D eigenvalue weighted by molar-refractivity contribution is 9.10. The van der Waals surface area contributed by atoms with Crippen LogP contribution in [-0.4, -0.2) is 38.0 Å². The van der Waals surface area contributed by atoms with Crippen LogP contribution in [0.2, 0.25) is 0 Å². The van der Waals surface area contributed by atoms with Gasteiger partial charge in [0.1, 0.15) is 16.7 Å². The molecule has 0 bridgehead atoms. The Kier molecular flexibility index (Phi) is 4.29. The van der Waals surface area contributed by atoms with Crippen molar-refractivity contribution in [2.45, 2.75) is 33.2 Å². The van der Waals surface area contributed by atoms with E-state index >= 15 is 0 Å². The molecule has 2 aromatic rings. The van der Waals surface area contributed by atoms with Gasteiger partial charge in [-0.3, -0.25) is 0 Å². The van der Waals surface area contributed by atoms with Gasteiger partial charge in [0.25, 0.3) is 0 Å². The molecule has 0 unspecified atom stereocenters. The fraction of sp³-hybridized carbons (Fsp3) is 0.615. The van der Waals surface area contributed by atoms with Crippen molar-refractivity contribution in [1.29, 1.82) is 0 Å². The number of rotatable bonds is 4. The molecule has 2 N–H and O–H groups in total. The molecule has 0 saturated carbocycles. The number of fused-ring (bicyclic) bond motifs is 1. The zero-order valence-electron chi connectivity index (χ0n) is 12.2. The van der Waals surface area contributed by atoms with Gasteiger partial charge in [-0.1, -0.05) is 6.92 Å². The Hall–Kier alpha value is -1.21. The van der Waals surface area contributed by atoms with Crippen molar-refractivity contribution in [3.63, 3.8) is 0 Å². The van der Waals surface area contributed by atoms with Gasteiger partial charge in [0, 0.05) is 13.2 Å². The Labute approximate surface area is 126 Å². The third-order valence-electron chi connectivity index (χ3n) is 2.99. The van der Waals surface area contributed by atoms with Crippen molar-refractivity contribution in [1.82, 2.24) is 19.7 Å². The Morgan fingerprint density at radius 2 is 2.10 bits per heavy atom. The highest BCUT2D eigenvalue weighted by Gasteiger charge is 2.22.